The van der Waals surface area contributed by atoms with Gasteiger partial charge in [0.25, 0.3) is 11.8 Å². The van der Waals surface area contributed by atoms with Crippen LogP contribution in [0.3, 0.4) is 0 Å². The molecule has 7 nitrogen and oxygen atoms in total. The third kappa shape index (κ3) is 7.09. The Morgan fingerprint density at radius 2 is 2.00 bits per heavy atom. The number of hydrogen-bond acceptors (Lipinski definition) is 5. The number of aliphatic hydroxyl groups is 1. The number of carbonyl (C=O) groups excluding carboxylic acids is 2. The molecule has 0 aliphatic heterocycles. The van der Waals surface area contributed by atoms with E-state index < -0.39 is 29.6 Å². The first-order chi connectivity index (χ1) is 13.3. The number of rotatable bonds is 9. The Morgan fingerprint density at radius 3 is 2.68 bits per heavy atom. The number of carbonyl (C=O) groups is 2. The second kappa shape index (κ2) is 10.5. The summed E-state index contributed by atoms with van der Waals surface area (Å²) in [6.45, 7) is -0.249. The molecule has 2 rings (SSSR count). The Balaban J connectivity index is 1.62. The molecule has 1 heterocycles. The van der Waals surface area contributed by atoms with Gasteiger partial charge in [0.2, 0.25) is 0 Å². The van der Waals surface area contributed by atoms with E-state index >= 15 is 0 Å². The van der Waals surface area contributed by atoms with Crippen molar-refractivity contribution in [3.8, 4) is 5.75 Å². The van der Waals surface area contributed by atoms with Gasteiger partial charge in [0, 0.05) is 19.2 Å². The molecule has 1 atom stereocenters. The topological polar surface area (TPSA) is 101 Å². The van der Waals surface area contributed by atoms with Gasteiger partial charge >= 0.3 is 0 Å². The number of nitrogens with one attached hydrogen (secondary N) is 2. The Morgan fingerprint density at radius 1 is 1.21 bits per heavy atom. The molecule has 0 spiro atoms. The molecule has 2 aromatic rings. The third-order valence-corrected chi connectivity index (χ3v) is 3.83. The zero-order valence-corrected chi connectivity index (χ0v) is 15.4. The lowest BCUT2D eigenvalue weighted by Crippen LogP contribution is -2.36. The standard InChI is InChI=1S/C18H18ClF2N3O4/c19-14-3-2-13(7-15(14)21)28-10-17(26)22-6-5-12(25)9-24-18(27)16-4-1-11(20)8-23-16/h1-4,7-8,12,25H,5-6,9-10H2,(H,22,26)(H,24,27). The highest BCUT2D eigenvalue weighted by atomic mass is 35.5. The number of ether oxygens (including phenoxy) is 1. The van der Waals surface area contributed by atoms with Gasteiger partial charge in [-0.15, -0.1) is 0 Å². The van der Waals surface area contributed by atoms with Gasteiger partial charge in [0.15, 0.2) is 6.61 Å². The highest BCUT2D eigenvalue weighted by Crippen LogP contribution is 2.20. The zero-order chi connectivity index (χ0) is 20.5. The second-order valence-corrected chi connectivity index (χ2v) is 6.14. The van der Waals surface area contributed by atoms with Crippen LogP contribution in [0.25, 0.3) is 0 Å². The van der Waals surface area contributed by atoms with Gasteiger partial charge < -0.3 is 20.5 Å². The van der Waals surface area contributed by atoms with E-state index in [0.29, 0.717) is 0 Å². The van der Waals surface area contributed by atoms with E-state index in [1.54, 1.807) is 0 Å². The maximum Gasteiger partial charge on any atom is 0.269 e. The minimum atomic E-state index is -0.907. The van der Waals surface area contributed by atoms with Crippen molar-refractivity contribution < 1.29 is 28.2 Å². The Kier molecular flexibility index (Phi) is 8.09. The summed E-state index contributed by atoms with van der Waals surface area (Å²) in [4.78, 5) is 27.1. The Labute approximate surface area is 164 Å². The maximum absolute atomic E-state index is 13.3. The molecular weight excluding hydrogens is 396 g/mol. The summed E-state index contributed by atoms with van der Waals surface area (Å²) in [7, 11) is 0. The lowest BCUT2D eigenvalue weighted by Gasteiger charge is -2.12. The first kappa shape index (κ1) is 21.5. The van der Waals surface area contributed by atoms with Crippen LogP contribution in [0, 0.1) is 11.6 Å². The number of aliphatic hydroxyl groups excluding tert-OH is 1. The van der Waals surface area contributed by atoms with E-state index in [4.69, 9.17) is 16.3 Å². The van der Waals surface area contributed by atoms with E-state index in [-0.39, 0.29) is 42.6 Å². The number of pyridine rings is 1. The molecule has 3 N–H and O–H groups in total. The molecular formula is C18H18ClF2N3O4. The monoisotopic (exact) mass is 413 g/mol. The van der Waals surface area contributed by atoms with Crippen LogP contribution in [0.15, 0.2) is 36.5 Å². The summed E-state index contributed by atoms with van der Waals surface area (Å²) in [5.74, 6) is -2.05. The summed E-state index contributed by atoms with van der Waals surface area (Å²) in [6, 6.07) is 6.15. The van der Waals surface area contributed by atoms with Crippen molar-refractivity contribution in [1.82, 2.24) is 15.6 Å². The van der Waals surface area contributed by atoms with Crippen LogP contribution in [0.4, 0.5) is 8.78 Å². The van der Waals surface area contributed by atoms with Crippen LogP contribution >= 0.6 is 11.6 Å². The van der Waals surface area contributed by atoms with E-state index in [1.165, 1.54) is 18.2 Å². The smallest absolute Gasteiger partial charge is 0.269 e. The van der Waals surface area contributed by atoms with Gasteiger partial charge in [0.1, 0.15) is 23.1 Å². The molecule has 10 heteroatoms. The van der Waals surface area contributed by atoms with Crippen molar-refractivity contribution >= 4 is 23.4 Å². The molecule has 0 fully saturated rings. The number of amides is 2. The molecule has 1 aromatic carbocycles. The van der Waals surface area contributed by atoms with Crippen molar-refractivity contribution in [2.45, 2.75) is 12.5 Å². The van der Waals surface area contributed by atoms with Crippen LogP contribution < -0.4 is 15.4 Å². The highest BCUT2D eigenvalue weighted by Gasteiger charge is 2.11. The molecule has 2 amide bonds. The summed E-state index contributed by atoms with van der Waals surface area (Å²) in [6.07, 6.45) is 0.191. The predicted molar refractivity (Wildman–Crippen MR) is 97.1 cm³/mol. The van der Waals surface area contributed by atoms with Crippen LogP contribution in [-0.4, -0.2) is 47.7 Å². The molecule has 0 aliphatic carbocycles. The summed E-state index contributed by atoms with van der Waals surface area (Å²) >= 11 is 5.55. The van der Waals surface area contributed by atoms with E-state index in [9.17, 15) is 23.5 Å². The molecule has 1 unspecified atom stereocenters. The fourth-order valence-corrected chi connectivity index (χ4v) is 2.18. The highest BCUT2D eigenvalue weighted by molar-refractivity contribution is 6.30. The van der Waals surface area contributed by atoms with Crippen LogP contribution in [0.2, 0.25) is 5.02 Å². The summed E-state index contributed by atoms with van der Waals surface area (Å²) in [5.41, 5.74) is 0.0256. The molecule has 0 saturated heterocycles. The van der Waals surface area contributed by atoms with Crippen molar-refractivity contribution in [2.24, 2.45) is 0 Å². The molecule has 0 aliphatic rings. The largest absolute Gasteiger partial charge is 0.484 e. The van der Waals surface area contributed by atoms with Gasteiger partial charge in [-0.25, -0.2) is 13.8 Å². The van der Waals surface area contributed by atoms with E-state index in [2.05, 4.69) is 15.6 Å². The predicted octanol–water partition coefficient (Wildman–Crippen LogP) is 1.69. The van der Waals surface area contributed by atoms with Gasteiger partial charge in [-0.05, 0) is 30.7 Å². The molecule has 0 radical (unpaired) electrons. The van der Waals surface area contributed by atoms with Crippen molar-refractivity contribution in [2.75, 3.05) is 19.7 Å². The molecule has 0 saturated carbocycles. The van der Waals surface area contributed by atoms with Gasteiger partial charge in [-0.1, -0.05) is 11.6 Å². The fourth-order valence-electron chi connectivity index (χ4n) is 2.06. The SMILES string of the molecule is O=C(COc1ccc(Cl)c(F)c1)NCCC(O)CNC(=O)c1ccc(F)cn1. The number of aromatic nitrogens is 1. The number of halogens is 3. The zero-order valence-electron chi connectivity index (χ0n) is 14.6. The van der Waals surface area contributed by atoms with Gasteiger partial charge in [-0.2, -0.15) is 0 Å². The van der Waals surface area contributed by atoms with Crippen LogP contribution in [-0.2, 0) is 4.79 Å². The van der Waals surface area contributed by atoms with E-state index in [0.717, 1.165) is 18.3 Å². The van der Waals surface area contributed by atoms with Crippen LogP contribution in [0.1, 0.15) is 16.9 Å². The van der Waals surface area contributed by atoms with Crippen molar-refractivity contribution in [1.29, 1.82) is 0 Å². The van der Waals surface area contributed by atoms with E-state index in [1.807, 2.05) is 0 Å². The third-order valence-electron chi connectivity index (χ3n) is 3.52. The maximum atomic E-state index is 13.3. The summed E-state index contributed by atoms with van der Waals surface area (Å²) in [5, 5.41) is 14.8. The normalized spacial score (nSPS) is 11.6. The van der Waals surface area contributed by atoms with Gasteiger partial charge in [0.05, 0.1) is 17.3 Å². The molecule has 0 bridgehead atoms. The fraction of sp³-hybridized carbons (Fsp3) is 0.278. The average Bonchev–Trinajstić information content (AvgIpc) is 2.67. The van der Waals surface area contributed by atoms with Gasteiger partial charge in [-0.3, -0.25) is 9.59 Å². The number of benzene rings is 1. The number of hydrogen-bond donors (Lipinski definition) is 3. The lowest BCUT2D eigenvalue weighted by atomic mass is 10.2. The van der Waals surface area contributed by atoms with Crippen LogP contribution in [0.5, 0.6) is 5.75 Å². The first-order valence-electron chi connectivity index (χ1n) is 8.27. The minimum Gasteiger partial charge on any atom is -0.484 e. The minimum absolute atomic E-state index is 0.0256. The Hall–Kier alpha value is -2.78. The molecule has 1 aromatic heterocycles. The Bertz CT molecular complexity index is 821. The average molecular weight is 414 g/mol. The van der Waals surface area contributed by atoms with Crippen molar-refractivity contribution in [3.63, 3.8) is 0 Å². The second-order valence-electron chi connectivity index (χ2n) is 5.73. The number of nitrogens with zero attached hydrogens (tertiary/aromatic N) is 1. The first-order valence-corrected chi connectivity index (χ1v) is 8.65. The quantitative estimate of drug-likeness (QED) is 0.581. The lowest BCUT2D eigenvalue weighted by molar-refractivity contribution is -0.123. The summed E-state index contributed by atoms with van der Waals surface area (Å²) < 4.78 is 31.1. The molecule has 150 valence electrons. The molecule has 28 heavy (non-hydrogen) atoms. The van der Waals surface area contributed by atoms with Crippen molar-refractivity contribution in [3.05, 3.63) is 58.9 Å².